The van der Waals surface area contributed by atoms with Gasteiger partial charge >= 0.3 is 0 Å². The molecule has 0 amide bonds. The molecule has 2 bridgehead atoms. The van der Waals surface area contributed by atoms with Gasteiger partial charge in [-0.05, 0) is 64.6 Å². The van der Waals surface area contributed by atoms with E-state index in [1.54, 1.807) is 0 Å². The van der Waals surface area contributed by atoms with Gasteiger partial charge in [0.05, 0.1) is 0 Å². The maximum absolute atomic E-state index is 5.50. The van der Waals surface area contributed by atoms with E-state index in [4.69, 9.17) is 9.51 Å². The molecule has 1 N–H and O–H groups in total. The molecule has 3 atom stereocenters. The first kappa shape index (κ1) is 13.7. The Balaban J connectivity index is 1.36. The van der Waals surface area contributed by atoms with Crippen LogP contribution in [0.3, 0.4) is 0 Å². The third-order valence-electron chi connectivity index (χ3n) is 5.88. The van der Waals surface area contributed by atoms with E-state index >= 15 is 0 Å². The van der Waals surface area contributed by atoms with E-state index in [9.17, 15) is 0 Å². The zero-order valence-corrected chi connectivity index (χ0v) is 12.9. The van der Waals surface area contributed by atoms with Gasteiger partial charge in [0.2, 0.25) is 5.89 Å². The highest BCUT2D eigenvalue weighted by atomic mass is 16.5. The summed E-state index contributed by atoms with van der Waals surface area (Å²) in [6.07, 6.45) is 8.51. The van der Waals surface area contributed by atoms with Gasteiger partial charge in [-0.3, -0.25) is 0 Å². The lowest BCUT2D eigenvalue weighted by Crippen LogP contribution is -2.39. The zero-order valence-electron chi connectivity index (χ0n) is 12.9. The summed E-state index contributed by atoms with van der Waals surface area (Å²) in [7, 11) is 2.27. The van der Waals surface area contributed by atoms with Crippen LogP contribution in [0.4, 0.5) is 0 Å². The summed E-state index contributed by atoms with van der Waals surface area (Å²) in [6.45, 7) is 2.32. The summed E-state index contributed by atoms with van der Waals surface area (Å²) in [4.78, 5) is 7.26. The normalized spacial score (nSPS) is 36.4. The van der Waals surface area contributed by atoms with Crippen molar-refractivity contribution in [2.24, 2.45) is 5.92 Å². The second-order valence-corrected chi connectivity index (χ2v) is 7.16. The van der Waals surface area contributed by atoms with Crippen molar-refractivity contribution < 1.29 is 4.52 Å². The standard InChI is InChI=1S/C16H26N4O/c1-20-13-3-4-14(20)9-12(8-13)16-18-15(21-19-16)5-2-11-6-7-17-10-11/h11-14,17H,2-10H2,1H3. The maximum Gasteiger partial charge on any atom is 0.226 e. The van der Waals surface area contributed by atoms with E-state index in [0.717, 1.165) is 49.2 Å². The Morgan fingerprint density at radius 2 is 2.05 bits per heavy atom. The van der Waals surface area contributed by atoms with Gasteiger partial charge in [-0.2, -0.15) is 4.98 Å². The van der Waals surface area contributed by atoms with Crippen molar-refractivity contribution in [3.05, 3.63) is 11.7 Å². The van der Waals surface area contributed by atoms with Crippen LogP contribution in [0.5, 0.6) is 0 Å². The molecule has 0 aliphatic carbocycles. The summed E-state index contributed by atoms with van der Waals surface area (Å²) in [5.41, 5.74) is 0. The van der Waals surface area contributed by atoms with Crippen LogP contribution >= 0.6 is 0 Å². The van der Waals surface area contributed by atoms with Gasteiger partial charge in [-0.25, -0.2) is 0 Å². The van der Waals surface area contributed by atoms with Gasteiger partial charge in [0.15, 0.2) is 5.82 Å². The van der Waals surface area contributed by atoms with Crippen LogP contribution in [0.2, 0.25) is 0 Å². The molecular weight excluding hydrogens is 264 g/mol. The first-order chi connectivity index (χ1) is 10.3. The second kappa shape index (κ2) is 5.69. The van der Waals surface area contributed by atoms with Crippen LogP contribution < -0.4 is 5.32 Å². The second-order valence-electron chi connectivity index (χ2n) is 7.16. The Kier molecular flexibility index (Phi) is 3.71. The highest BCUT2D eigenvalue weighted by Crippen LogP contribution is 2.41. The number of aromatic nitrogens is 2. The fraction of sp³-hybridized carbons (Fsp3) is 0.875. The fourth-order valence-electron chi connectivity index (χ4n) is 4.45. The molecule has 4 heterocycles. The molecule has 0 spiro atoms. The predicted molar refractivity (Wildman–Crippen MR) is 80.1 cm³/mol. The molecule has 0 aromatic carbocycles. The van der Waals surface area contributed by atoms with Gasteiger partial charge in [0.1, 0.15) is 0 Å². The predicted octanol–water partition coefficient (Wildman–Crippen LogP) is 1.95. The first-order valence-corrected chi connectivity index (χ1v) is 8.54. The van der Waals surface area contributed by atoms with Crippen molar-refractivity contribution >= 4 is 0 Å². The first-order valence-electron chi connectivity index (χ1n) is 8.54. The number of hydrogen-bond acceptors (Lipinski definition) is 5. The third kappa shape index (κ3) is 2.73. The largest absolute Gasteiger partial charge is 0.339 e. The van der Waals surface area contributed by atoms with Gasteiger partial charge in [-0.15, -0.1) is 0 Å². The molecule has 0 radical (unpaired) electrons. The van der Waals surface area contributed by atoms with Crippen LogP contribution in [0.25, 0.3) is 0 Å². The molecule has 4 rings (SSSR count). The maximum atomic E-state index is 5.50. The fourth-order valence-corrected chi connectivity index (χ4v) is 4.45. The van der Waals surface area contributed by atoms with Crippen molar-refractivity contribution in [2.75, 3.05) is 20.1 Å². The molecule has 3 fully saturated rings. The summed E-state index contributed by atoms with van der Waals surface area (Å²) < 4.78 is 5.50. The van der Waals surface area contributed by atoms with E-state index in [2.05, 4.69) is 22.4 Å². The van der Waals surface area contributed by atoms with E-state index in [1.165, 1.54) is 38.5 Å². The summed E-state index contributed by atoms with van der Waals surface area (Å²) in [5, 5.41) is 7.70. The van der Waals surface area contributed by atoms with Crippen molar-refractivity contribution in [3.63, 3.8) is 0 Å². The molecule has 5 heteroatoms. The molecule has 3 unspecified atom stereocenters. The molecular formula is C16H26N4O. The van der Waals surface area contributed by atoms with Crippen LogP contribution in [0.15, 0.2) is 4.52 Å². The molecule has 5 nitrogen and oxygen atoms in total. The van der Waals surface area contributed by atoms with E-state index in [1.807, 2.05) is 0 Å². The summed E-state index contributed by atoms with van der Waals surface area (Å²) in [6, 6.07) is 1.47. The van der Waals surface area contributed by atoms with Crippen LogP contribution in [-0.4, -0.2) is 47.3 Å². The quantitative estimate of drug-likeness (QED) is 0.918. The summed E-state index contributed by atoms with van der Waals surface area (Å²) >= 11 is 0. The van der Waals surface area contributed by atoms with Crippen molar-refractivity contribution in [2.45, 2.75) is 62.9 Å². The topological polar surface area (TPSA) is 54.2 Å². The lowest BCUT2D eigenvalue weighted by atomic mass is 9.90. The van der Waals surface area contributed by atoms with E-state index in [0.29, 0.717) is 5.92 Å². The molecule has 3 aliphatic rings. The number of piperidine rings is 1. The third-order valence-corrected chi connectivity index (χ3v) is 5.88. The smallest absolute Gasteiger partial charge is 0.226 e. The van der Waals surface area contributed by atoms with Crippen LogP contribution in [0, 0.1) is 5.92 Å². The van der Waals surface area contributed by atoms with Gasteiger partial charge < -0.3 is 14.7 Å². The highest BCUT2D eigenvalue weighted by Gasteiger charge is 2.40. The minimum atomic E-state index is 0.518. The Labute approximate surface area is 126 Å². The van der Waals surface area contributed by atoms with Crippen LogP contribution in [0.1, 0.15) is 56.2 Å². The number of rotatable bonds is 4. The molecule has 3 aliphatic heterocycles. The van der Waals surface area contributed by atoms with Gasteiger partial charge in [0, 0.05) is 24.4 Å². The van der Waals surface area contributed by atoms with Crippen LogP contribution in [-0.2, 0) is 6.42 Å². The Morgan fingerprint density at radius 3 is 2.76 bits per heavy atom. The minimum Gasteiger partial charge on any atom is -0.339 e. The Hall–Kier alpha value is -0.940. The average Bonchev–Trinajstić information content (AvgIpc) is 3.18. The number of nitrogens with zero attached hydrogens (tertiary/aromatic N) is 3. The monoisotopic (exact) mass is 290 g/mol. The van der Waals surface area contributed by atoms with E-state index in [-0.39, 0.29) is 0 Å². The Morgan fingerprint density at radius 1 is 1.24 bits per heavy atom. The number of fused-ring (bicyclic) bond motifs is 2. The summed E-state index contributed by atoms with van der Waals surface area (Å²) in [5.74, 6) is 3.13. The molecule has 21 heavy (non-hydrogen) atoms. The molecule has 0 saturated carbocycles. The number of hydrogen-bond donors (Lipinski definition) is 1. The molecule has 116 valence electrons. The average molecular weight is 290 g/mol. The van der Waals surface area contributed by atoms with Crippen molar-refractivity contribution in [1.82, 2.24) is 20.4 Å². The lowest BCUT2D eigenvalue weighted by Gasteiger charge is -2.34. The van der Waals surface area contributed by atoms with Gasteiger partial charge in [-0.1, -0.05) is 5.16 Å². The number of aryl methyl sites for hydroxylation is 1. The van der Waals surface area contributed by atoms with Gasteiger partial charge in [0.25, 0.3) is 0 Å². The molecule has 1 aromatic rings. The zero-order chi connectivity index (χ0) is 14.2. The minimum absolute atomic E-state index is 0.518. The number of nitrogens with one attached hydrogen (secondary N) is 1. The highest BCUT2D eigenvalue weighted by molar-refractivity contribution is 5.05. The Bertz CT molecular complexity index is 468. The SMILES string of the molecule is CN1C2CCC1CC(c1noc(CCC3CCNC3)n1)C2. The lowest BCUT2D eigenvalue weighted by molar-refractivity contribution is 0.157. The molecule has 3 saturated heterocycles. The molecule has 1 aromatic heterocycles. The van der Waals surface area contributed by atoms with Crippen molar-refractivity contribution in [3.8, 4) is 0 Å². The van der Waals surface area contributed by atoms with E-state index < -0.39 is 0 Å². The van der Waals surface area contributed by atoms with Crippen molar-refractivity contribution in [1.29, 1.82) is 0 Å².